The van der Waals surface area contributed by atoms with Crippen LogP contribution in [0.5, 0.6) is 0 Å². The predicted octanol–water partition coefficient (Wildman–Crippen LogP) is 4.12. The molecule has 3 aromatic heterocycles. The van der Waals surface area contributed by atoms with Crippen LogP contribution in [0.1, 0.15) is 6.92 Å². The molecule has 1 aliphatic rings. The number of nitrogens with one attached hydrogen (secondary N) is 1. The van der Waals surface area contributed by atoms with Crippen LogP contribution in [0, 0.1) is 0 Å². The Kier molecular flexibility index (Phi) is 3.87. The van der Waals surface area contributed by atoms with Crippen molar-refractivity contribution in [1.82, 2.24) is 19.7 Å². The van der Waals surface area contributed by atoms with Gasteiger partial charge in [-0.2, -0.15) is 9.61 Å². The van der Waals surface area contributed by atoms with Crippen LogP contribution < -0.4 is 5.32 Å². The molecule has 122 valence electrons. The number of allylic oxidation sites excluding steroid dienone is 1. The van der Waals surface area contributed by atoms with E-state index in [9.17, 15) is 5.21 Å². The second-order valence-corrected chi connectivity index (χ2v) is 7.22. The van der Waals surface area contributed by atoms with E-state index in [2.05, 4.69) is 26.3 Å². The molecule has 4 heterocycles. The van der Waals surface area contributed by atoms with Gasteiger partial charge < -0.3 is 5.32 Å². The number of hydrogen-bond donors (Lipinski definition) is 2. The zero-order valence-electron chi connectivity index (χ0n) is 12.7. The first kappa shape index (κ1) is 15.4. The molecule has 0 aliphatic carbocycles. The Morgan fingerprint density at radius 2 is 2.29 bits per heavy atom. The minimum Gasteiger partial charge on any atom is -0.340 e. The summed E-state index contributed by atoms with van der Waals surface area (Å²) >= 11 is 5.15. The topological polar surface area (TPSA) is 65.7 Å². The van der Waals surface area contributed by atoms with Gasteiger partial charge in [-0.15, -0.1) is 11.3 Å². The first-order chi connectivity index (χ1) is 11.6. The molecule has 0 radical (unpaired) electrons. The maximum atomic E-state index is 9.65. The number of anilines is 1. The fourth-order valence-electron chi connectivity index (χ4n) is 2.49. The molecule has 1 aliphatic heterocycles. The van der Waals surface area contributed by atoms with Gasteiger partial charge in [0.25, 0.3) is 0 Å². The van der Waals surface area contributed by atoms with Gasteiger partial charge in [-0.3, -0.25) is 10.3 Å². The van der Waals surface area contributed by atoms with E-state index in [1.54, 1.807) is 28.2 Å². The minimum absolute atomic E-state index is 0.101. The average molecular weight is 404 g/mol. The molecule has 4 rings (SSSR count). The van der Waals surface area contributed by atoms with E-state index in [-0.39, 0.29) is 6.04 Å². The highest BCUT2D eigenvalue weighted by Gasteiger charge is 2.15. The third-order valence-electron chi connectivity index (χ3n) is 3.72. The van der Waals surface area contributed by atoms with E-state index < -0.39 is 0 Å². The molecule has 0 saturated carbocycles. The Balaban J connectivity index is 1.80. The van der Waals surface area contributed by atoms with Crippen molar-refractivity contribution in [1.29, 1.82) is 0 Å². The van der Waals surface area contributed by atoms with Gasteiger partial charge in [0.1, 0.15) is 5.82 Å². The van der Waals surface area contributed by atoms with Gasteiger partial charge in [-0.1, -0.05) is 6.07 Å². The smallest absolute Gasteiger partial charge is 0.172 e. The second kappa shape index (κ2) is 6.04. The largest absolute Gasteiger partial charge is 0.340 e. The van der Waals surface area contributed by atoms with Crippen LogP contribution in [0.25, 0.3) is 16.2 Å². The van der Waals surface area contributed by atoms with Crippen molar-refractivity contribution in [3.63, 3.8) is 0 Å². The first-order valence-electron chi connectivity index (χ1n) is 7.34. The van der Waals surface area contributed by atoms with Crippen LogP contribution in [-0.2, 0) is 0 Å². The highest BCUT2D eigenvalue weighted by atomic mass is 79.9. The summed E-state index contributed by atoms with van der Waals surface area (Å²) in [5, 5.41) is 20.6. The third-order valence-corrected chi connectivity index (χ3v) is 5.17. The number of aromatic nitrogens is 3. The van der Waals surface area contributed by atoms with Crippen LogP contribution >= 0.6 is 27.3 Å². The highest BCUT2D eigenvalue weighted by molar-refractivity contribution is 9.10. The summed E-state index contributed by atoms with van der Waals surface area (Å²) in [7, 11) is 0. The number of hydrogen-bond acceptors (Lipinski definition) is 6. The summed E-state index contributed by atoms with van der Waals surface area (Å²) in [4.78, 5) is 5.79. The zero-order chi connectivity index (χ0) is 16.7. The molecule has 0 saturated heterocycles. The Labute approximate surface area is 150 Å². The van der Waals surface area contributed by atoms with E-state index >= 15 is 0 Å². The lowest BCUT2D eigenvalue weighted by Gasteiger charge is -2.23. The molecule has 24 heavy (non-hydrogen) atoms. The summed E-state index contributed by atoms with van der Waals surface area (Å²) in [6, 6.07) is 5.93. The molecule has 0 aromatic carbocycles. The quantitative estimate of drug-likeness (QED) is 0.688. The van der Waals surface area contributed by atoms with E-state index in [4.69, 9.17) is 4.98 Å². The summed E-state index contributed by atoms with van der Waals surface area (Å²) in [5.41, 5.74) is 2.53. The highest BCUT2D eigenvalue weighted by Crippen LogP contribution is 2.29. The van der Waals surface area contributed by atoms with Crippen LogP contribution in [0.2, 0.25) is 0 Å². The van der Waals surface area contributed by atoms with E-state index in [0.29, 0.717) is 0 Å². The summed E-state index contributed by atoms with van der Waals surface area (Å²) < 4.78 is 2.60. The molecular formula is C16H14BrN5OS. The zero-order valence-corrected chi connectivity index (χ0v) is 15.1. The molecule has 0 bridgehead atoms. The van der Waals surface area contributed by atoms with Crippen LogP contribution in [-0.4, -0.2) is 30.9 Å². The number of nitrogens with zero attached hydrogens (tertiary/aromatic N) is 4. The Morgan fingerprint density at radius 1 is 1.42 bits per heavy atom. The standard InChI is InChI=1S/C16H14BrN5OS/c1-10-7-11(4-5-21(10)23)19-15-8-13(14-3-2-6-24-14)20-16-12(17)9-18-22(15)16/h2-10,19,23H,1H3. The number of thiophene rings is 1. The Morgan fingerprint density at radius 3 is 3.04 bits per heavy atom. The van der Waals surface area contributed by atoms with Gasteiger partial charge in [-0.25, -0.2) is 4.98 Å². The van der Waals surface area contributed by atoms with Crippen LogP contribution in [0.15, 0.2) is 58.3 Å². The summed E-state index contributed by atoms with van der Waals surface area (Å²) in [5.74, 6) is 0.809. The molecule has 3 aromatic rings. The SMILES string of the molecule is CC1C=C(Nc2cc(-c3cccs3)nc3c(Br)cnn23)C=CN1O. The average Bonchev–Trinajstić information content (AvgIpc) is 3.22. The number of halogens is 1. The van der Waals surface area contributed by atoms with Crippen molar-refractivity contribution in [2.45, 2.75) is 13.0 Å². The molecule has 1 atom stereocenters. The van der Waals surface area contributed by atoms with Gasteiger partial charge in [0.2, 0.25) is 0 Å². The monoisotopic (exact) mass is 403 g/mol. The molecule has 6 nitrogen and oxygen atoms in total. The van der Waals surface area contributed by atoms with Gasteiger partial charge in [0.15, 0.2) is 5.65 Å². The van der Waals surface area contributed by atoms with Crippen LogP contribution in [0.3, 0.4) is 0 Å². The van der Waals surface area contributed by atoms with Crippen molar-refractivity contribution in [3.8, 4) is 10.6 Å². The van der Waals surface area contributed by atoms with Gasteiger partial charge in [0.05, 0.1) is 27.3 Å². The van der Waals surface area contributed by atoms with E-state index in [1.807, 2.05) is 42.7 Å². The Bertz CT molecular complexity index is 947. The molecule has 0 fully saturated rings. The second-order valence-electron chi connectivity index (χ2n) is 5.42. The van der Waals surface area contributed by atoms with Gasteiger partial charge in [-0.05, 0) is 46.5 Å². The van der Waals surface area contributed by atoms with E-state index in [0.717, 1.165) is 37.3 Å². The molecule has 8 heteroatoms. The van der Waals surface area contributed by atoms with Crippen LogP contribution in [0.4, 0.5) is 5.82 Å². The molecule has 1 unspecified atom stereocenters. The van der Waals surface area contributed by atoms with E-state index in [1.165, 1.54) is 0 Å². The maximum absolute atomic E-state index is 9.65. The van der Waals surface area contributed by atoms with Crippen molar-refractivity contribution < 1.29 is 5.21 Å². The van der Waals surface area contributed by atoms with Gasteiger partial charge in [0, 0.05) is 18.0 Å². The lowest BCUT2D eigenvalue weighted by Crippen LogP contribution is -2.26. The molecule has 0 amide bonds. The van der Waals surface area contributed by atoms with Crippen molar-refractivity contribution in [2.75, 3.05) is 5.32 Å². The summed E-state index contributed by atoms with van der Waals surface area (Å²) in [6.07, 6.45) is 7.12. The summed E-state index contributed by atoms with van der Waals surface area (Å²) in [6.45, 7) is 1.91. The predicted molar refractivity (Wildman–Crippen MR) is 97.9 cm³/mol. The number of fused-ring (bicyclic) bond motifs is 1. The number of rotatable bonds is 3. The lowest BCUT2D eigenvalue weighted by molar-refractivity contribution is -0.0606. The fraction of sp³-hybridized carbons (Fsp3) is 0.125. The van der Waals surface area contributed by atoms with Gasteiger partial charge >= 0.3 is 0 Å². The van der Waals surface area contributed by atoms with Crippen molar-refractivity contribution >= 4 is 38.7 Å². The minimum atomic E-state index is -0.101. The third kappa shape index (κ3) is 2.72. The molecular weight excluding hydrogens is 390 g/mol. The maximum Gasteiger partial charge on any atom is 0.172 e. The molecule has 0 spiro atoms. The normalized spacial score (nSPS) is 17.4. The number of hydroxylamine groups is 2. The molecule has 2 N–H and O–H groups in total. The first-order valence-corrected chi connectivity index (χ1v) is 9.01. The van der Waals surface area contributed by atoms with Crippen molar-refractivity contribution in [3.05, 3.63) is 58.3 Å². The Hall–Kier alpha value is -2.16. The lowest BCUT2D eigenvalue weighted by atomic mass is 10.2. The van der Waals surface area contributed by atoms with Crippen molar-refractivity contribution in [2.24, 2.45) is 0 Å². The fourth-order valence-corrected chi connectivity index (χ4v) is 3.53.